The predicted molar refractivity (Wildman–Crippen MR) is 80.2 cm³/mol. The lowest BCUT2D eigenvalue weighted by molar-refractivity contribution is 0.100. The third kappa shape index (κ3) is 4.28. The number of carbonyl (C=O) groups is 1. The highest BCUT2D eigenvalue weighted by Crippen LogP contribution is 2.05. The molecule has 0 aliphatic carbocycles. The van der Waals surface area contributed by atoms with Gasteiger partial charge in [-0.1, -0.05) is 5.92 Å². The third-order valence-electron chi connectivity index (χ3n) is 2.64. The third-order valence-corrected chi connectivity index (χ3v) is 2.64. The maximum Gasteiger partial charge on any atom is 0.248 e. The van der Waals surface area contributed by atoms with Crippen molar-refractivity contribution in [1.29, 1.82) is 0 Å². The van der Waals surface area contributed by atoms with Gasteiger partial charge in [0.25, 0.3) is 0 Å². The Balaban J connectivity index is 2.03. The minimum Gasteiger partial charge on any atom is -0.451 e. The summed E-state index contributed by atoms with van der Waals surface area (Å²) in [7, 11) is 1.85. The van der Waals surface area contributed by atoms with Crippen LogP contribution in [0.2, 0.25) is 0 Å². The number of hydrogen-bond donors (Lipinski definition) is 2. The van der Waals surface area contributed by atoms with Crippen LogP contribution in [0.1, 0.15) is 27.4 Å². The zero-order chi connectivity index (χ0) is 15.1. The fourth-order valence-electron chi connectivity index (χ4n) is 1.63. The van der Waals surface area contributed by atoms with Gasteiger partial charge in [0, 0.05) is 11.1 Å². The Morgan fingerprint density at radius 1 is 1.14 bits per heavy atom. The van der Waals surface area contributed by atoms with E-state index in [1.54, 1.807) is 24.3 Å². The highest BCUT2D eigenvalue weighted by molar-refractivity contribution is 5.92. The molecule has 4 nitrogen and oxygen atoms in total. The molecule has 0 atom stereocenters. The van der Waals surface area contributed by atoms with Crippen molar-refractivity contribution >= 4 is 5.91 Å². The molecule has 0 aliphatic rings. The van der Waals surface area contributed by atoms with Crippen molar-refractivity contribution in [2.75, 3.05) is 7.05 Å². The van der Waals surface area contributed by atoms with E-state index in [0.717, 1.165) is 11.3 Å². The molecule has 21 heavy (non-hydrogen) atoms. The van der Waals surface area contributed by atoms with Crippen LogP contribution in [0.15, 0.2) is 40.8 Å². The van der Waals surface area contributed by atoms with Crippen LogP contribution in [-0.4, -0.2) is 13.0 Å². The van der Waals surface area contributed by atoms with Gasteiger partial charge in [0.1, 0.15) is 5.76 Å². The van der Waals surface area contributed by atoms with Gasteiger partial charge in [0.05, 0.1) is 6.54 Å². The molecular weight excluding hydrogens is 264 g/mol. The SMILES string of the molecule is CNCc1ccc(C#CC#Cc2ccc(C(N)=O)cc2)o1. The molecule has 0 saturated heterocycles. The molecule has 1 heterocycles. The van der Waals surface area contributed by atoms with Crippen LogP contribution in [0.5, 0.6) is 0 Å². The van der Waals surface area contributed by atoms with E-state index in [4.69, 9.17) is 10.2 Å². The summed E-state index contributed by atoms with van der Waals surface area (Å²) < 4.78 is 5.46. The summed E-state index contributed by atoms with van der Waals surface area (Å²) in [5.74, 6) is 12.1. The average Bonchev–Trinajstić information content (AvgIpc) is 2.92. The van der Waals surface area contributed by atoms with Crippen molar-refractivity contribution in [3.05, 3.63) is 59.0 Å². The van der Waals surface area contributed by atoms with E-state index in [2.05, 4.69) is 29.0 Å². The van der Waals surface area contributed by atoms with Crippen LogP contribution >= 0.6 is 0 Å². The smallest absolute Gasteiger partial charge is 0.248 e. The Labute approximate surface area is 123 Å². The first-order valence-corrected chi connectivity index (χ1v) is 6.34. The van der Waals surface area contributed by atoms with Crippen LogP contribution in [0.25, 0.3) is 0 Å². The van der Waals surface area contributed by atoms with E-state index >= 15 is 0 Å². The summed E-state index contributed by atoms with van der Waals surface area (Å²) in [6.45, 7) is 0.666. The van der Waals surface area contributed by atoms with Crippen molar-refractivity contribution in [2.45, 2.75) is 6.54 Å². The second-order valence-electron chi connectivity index (χ2n) is 4.24. The molecule has 0 bridgehead atoms. The number of nitrogens with one attached hydrogen (secondary N) is 1. The van der Waals surface area contributed by atoms with Crippen molar-refractivity contribution in [1.82, 2.24) is 5.32 Å². The standard InChI is InChI=1S/C17H14N2O2/c1-19-12-16-11-10-15(21-16)5-3-2-4-13-6-8-14(9-7-13)17(18)20/h6-11,19H,12H2,1H3,(H2,18,20). The highest BCUT2D eigenvalue weighted by atomic mass is 16.3. The highest BCUT2D eigenvalue weighted by Gasteiger charge is 1.98. The summed E-state index contributed by atoms with van der Waals surface area (Å²) in [4.78, 5) is 10.9. The summed E-state index contributed by atoms with van der Waals surface area (Å²) in [6, 6.07) is 10.4. The molecular formula is C17H14N2O2. The Hall–Kier alpha value is -2.95. The Morgan fingerprint density at radius 2 is 1.86 bits per heavy atom. The van der Waals surface area contributed by atoms with E-state index in [1.807, 2.05) is 19.2 Å². The van der Waals surface area contributed by atoms with Crippen molar-refractivity contribution < 1.29 is 9.21 Å². The van der Waals surface area contributed by atoms with E-state index in [9.17, 15) is 4.79 Å². The number of nitrogens with two attached hydrogens (primary N) is 1. The lowest BCUT2D eigenvalue weighted by Gasteiger charge is -1.93. The molecule has 0 radical (unpaired) electrons. The Morgan fingerprint density at radius 3 is 2.52 bits per heavy atom. The van der Waals surface area contributed by atoms with Gasteiger partial charge < -0.3 is 15.5 Å². The summed E-state index contributed by atoms with van der Waals surface area (Å²) >= 11 is 0. The van der Waals surface area contributed by atoms with Gasteiger partial charge >= 0.3 is 0 Å². The number of primary amides is 1. The maximum absolute atomic E-state index is 10.9. The lowest BCUT2D eigenvalue weighted by Crippen LogP contribution is -2.10. The summed E-state index contributed by atoms with van der Waals surface area (Å²) in [6.07, 6.45) is 0. The zero-order valence-electron chi connectivity index (χ0n) is 11.6. The van der Waals surface area contributed by atoms with Crippen LogP contribution in [-0.2, 0) is 6.54 Å². The van der Waals surface area contributed by atoms with Gasteiger partial charge in [0.15, 0.2) is 5.76 Å². The van der Waals surface area contributed by atoms with Gasteiger partial charge in [-0.25, -0.2) is 0 Å². The number of hydrogen-bond acceptors (Lipinski definition) is 3. The monoisotopic (exact) mass is 278 g/mol. The molecule has 3 N–H and O–H groups in total. The number of amides is 1. The molecule has 0 unspecified atom stereocenters. The molecule has 2 aromatic rings. The molecule has 1 aromatic heterocycles. The first-order chi connectivity index (χ1) is 10.2. The van der Waals surface area contributed by atoms with Crippen molar-refractivity contribution in [3.8, 4) is 23.7 Å². The van der Waals surface area contributed by atoms with Gasteiger partial charge in [0.2, 0.25) is 5.91 Å². The quantitative estimate of drug-likeness (QED) is 0.836. The minimum atomic E-state index is -0.454. The molecule has 104 valence electrons. The number of rotatable bonds is 3. The molecule has 4 heteroatoms. The largest absolute Gasteiger partial charge is 0.451 e. The summed E-state index contributed by atoms with van der Waals surface area (Å²) in [5.41, 5.74) is 6.39. The predicted octanol–water partition coefficient (Wildman–Crippen LogP) is 1.50. The normalized spacial score (nSPS) is 9.19. The Bertz CT molecular complexity index is 750. The topological polar surface area (TPSA) is 68.3 Å². The number of carbonyl (C=O) groups excluding carboxylic acids is 1. The van der Waals surface area contributed by atoms with Gasteiger partial charge in [-0.2, -0.15) is 0 Å². The van der Waals surface area contributed by atoms with Crippen LogP contribution in [0, 0.1) is 23.7 Å². The fraction of sp³-hybridized carbons (Fsp3) is 0.118. The van der Waals surface area contributed by atoms with Gasteiger partial charge in [-0.15, -0.1) is 0 Å². The van der Waals surface area contributed by atoms with Crippen LogP contribution in [0.3, 0.4) is 0 Å². The van der Waals surface area contributed by atoms with Gasteiger partial charge in [-0.05, 0) is 61.2 Å². The molecule has 2 rings (SSSR count). The van der Waals surface area contributed by atoms with Crippen molar-refractivity contribution in [2.24, 2.45) is 5.73 Å². The van der Waals surface area contributed by atoms with E-state index < -0.39 is 5.91 Å². The first kappa shape index (κ1) is 14.5. The maximum atomic E-state index is 10.9. The number of benzene rings is 1. The number of furan rings is 1. The minimum absolute atomic E-state index is 0.454. The van der Waals surface area contributed by atoms with E-state index in [-0.39, 0.29) is 0 Å². The molecule has 0 saturated carbocycles. The fourth-order valence-corrected chi connectivity index (χ4v) is 1.63. The zero-order valence-corrected chi connectivity index (χ0v) is 11.6. The molecule has 0 fully saturated rings. The summed E-state index contributed by atoms with van der Waals surface area (Å²) in [5, 5.41) is 3.00. The average molecular weight is 278 g/mol. The molecule has 1 aromatic carbocycles. The molecule has 0 spiro atoms. The second kappa shape index (κ2) is 7.00. The molecule has 1 amide bonds. The van der Waals surface area contributed by atoms with E-state index in [1.165, 1.54) is 0 Å². The van der Waals surface area contributed by atoms with Crippen LogP contribution < -0.4 is 11.1 Å². The Kier molecular flexibility index (Phi) is 4.82. The lowest BCUT2D eigenvalue weighted by atomic mass is 10.1. The van der Waals surface area contributed by atoms with Crippen LogP contribution in [0.4, 0.5) is 0 Å². The second-order valence-corrected chi connectivity index (χ2v) is 4.24. The molecule has 0 aliphatic heterocycles. The first-order valence-electron chi connectivity index (χ1n) is 6.34. The van der Waals surface area contributed by atoms with Gasteiger partial charge in [-0.3, -0.25) is 4.79 Å². The van der Waals surface area contributed by atoms with E-state index in [0.29, 0.717) is 17.9 Å². The van der Waals surface area contributed by atoms with Crippen molar-refractivity contribution in [3.63, 3.8) is 0 Å².